The van der Waals surface area contributed by atoms with E-state index < -0.39 is 8.07 Å². The highest BCUT2D eigenvalue weighted by Crippen LogP contribution is 2.43. The smallest absolute Gasteiger partial charge is 0.179 e. The lowest BCUT2D eigenvalue weighted by molar-refractivity contribution is 0.669. The number of aromatic nitrogens is 1. The first-order chi connectivity index (χ1) is 32.5. The second-order valence-corrected chi connectivity index (χ2v) is 21.6. The molecule has 10 aromatic carbocycles. The van der Waals surface area contributed by atoms with Gasteiger partial charge < -0.3 is 13.4 Å². The number of nitrogens with zero attached hydrogens (tertiary/aromatic N) is 1. The summed E-state index contributed by atoms with van der Waals surface area (Å²) in [6, 6.07) is 82.3. The second kappa shape index (κ2) is 14.9. The molecule has 0 aliphatic carbocycles. The Morgan fingerprint density at radius 2 is 0.818 bits per heavy atom. The van der Waals surface area contributed by atoms with Crippen molar-refractivity contribution >= 4 is 94.5 Å². The van der Waals surface area contributed by atoms with Crippen molar-refractivity contribution in [2.45, 2.75) is 13.8 Å². The molecular formula is C62H43NO2Si. The molecule has 13 rings (SSSR count). The fourth-order valence-electron chi connectivity index (χ4n) is 10.9. The van der Waals surface area contributed by atoms with Crippen molar-refractivity contribution in [3.63, 3.8) is 0 Å². The Balaban J connectivity index is 1.02. The molecule has 0 aliphatic rings. The van der Waals surface area contributed by atoms with E-state index in [9.17, 15) is 0 Å². The summed E-state index contributed by atoms with van der Waals surface area (Å²) < 4.78 is 16.2. The predicted octanol–water partition coefficient (Wildman–Crippen LogP) is 13.9. The fourth-order valence-corrected chi connectivity index (χ4v) is 15.7. The van der Waals surface area contributed by atoms with Crippen LogP contribution in [-0.2, 0) is 0 Å². The van der Waals surface area contributed by atoms with Crippen LogP contribution in [0.1, 0.15) is 11.1 Å². The standard InChI is InChI=1S/C62H43NO2Si/c1-40-29-31-59-53(33-40)56-38-44(63-57-27-14-12-25-49(57)50-26-13-15-28-58(50)63)37-52(62(56)64-59)43-18-16-17-42(36-43)51-34-41(2)35-55-54-39-48(30-32-60(54)65-61(51)55)66(45-19-6-3-7-20-45,46-21-8-4-9-22-46)47-23-10-5-11-24-47/h3-39H,1-2H3. The van der Waals surface area contributed by atoms with Gasteiger partial charge in [0.1, 0.15) is 22.3 Å². The normalized spacial score (nSPS) is 12.1. The molecule has 3 aromatic heterocycles. The average molecular weight is 862 g/mol. The summed E-state index contributed by atoms with van der Waals surface area (Å²) in [5.41, 5.74) is 13.6. The van der Waals surface area contributed by atoms with Gasteiger partial charge in [0.2, 0.25) is 0 Å². The Hall–Kier alpha value is -8.18. The Bertz CT molecular complexity index is 3860. The van der Waals surface area contributed by atoms with Gasteiger partial charge in [-0.2, -0.15) is 0 Å². The van der Waals surface area contributed by atoms with Crippen molar-refractivity contribution in [2.24, 2.45) is 0 Å². The van der Waals surface area contributed by atoms with E-state index in [1.54, 1.807) is 0 Å². The molecule has 4 heteroatoms. The molecule has 0 N–H and O–H groups in total. The first-order valence-corrected chi connectivity index (χ1v) is 24.7. The lowest BCUT2D eigenvalue weighted by atomic mass is 9.95. The summed E-state index contributed by atoms with van der Waals surface area (Å²) in [7, 11) is -2.76. The number of benzene rings is 10. The molecule has 0 saturated heterocycles. The Morgan fingerprint density at radius 1 is 0.333 bits per heavy atom. The summed E-state index contributed by atoms with van der Waals surface area (Å²) in [5.74, 6) is 0. The molecule has 0 atom stereocenters. The maximum absolute atomic E-state index is 6.99. The zero-order valence-corrected chi connectivity index (χ0v) is 37.6. The third-order valence-corrected chi connectivity index (χ3v) is 18.6. The van der Waals surface area contributed by atoms with E-state index in [2.05, 4.69) is 243 Å². The van der Waals surface area contributed by atoms with E-state index in [1.165, 1.54) is 53.7 Å². The zero-order valence-electron chi connectivity index (χ0n) is 36.6. The molecule has 0 spiro atoms. The summed E-state index contributed by atoms with van der Waals surface area (Å²) >= 11 is 0. The van der Waals surface area contributed by atoms with E-state index >= 15 is 0 Å². The van der Waals surface area contributed by atoms with Crippen LogP contribution in [0.3, 0.4) is 0 Å². The molecule has 13 aromatic rings. The van der Waals surface area contributed by atoms with E-state index in [4.69, 9.17) is 8.83 Å². The first-order valence-electron chi connectivity index (χ1n) is 22.7. The Morgan fingerprint density at radius 3 is 1.41 bits per heavy atom. The van der Waals surface area contributed by atoms with E-state index in [1.807, 2.05) is 0 Å². The minimum absolute atomic E-state index is 0.880. The van der Waals surface area contributed by atoms with Crippen LogP contribution in [-0.4, -0.2) is 12.6 Å². The minimum Gasteiger partial charge on any atom is -0.455 e. The first kappa shape index (κ1) is 38.3. The molecule has 0 unspecified atom stereocenters. The summed E-state index contributed by atoms with van der Waals surface area (Å²) in [6.45, 7) is 4.34. The van der Waals surface area contributed by atoms with E-state index in [-0.39, 0.29) is 0 Å². The predicted molar refractivity (Wildman–Crippen MR) is 279 cm³/mol. The van der Waals surface area contributed by atoms with Crippen LogP contribution in [0.2, 0.25) is 0 Å². The van der Waals surface area contributed by atoms with E-state index in [0.29, 0.717) is 0 Å². The topological polar surface area (TPSA) is 31.2 Å². The number of hydrogen-bond donors (Lipinski definition) is 0. The molecule has 66 heavy (non-hydrogen) atoms. The highest BCUT2D eigenvalue weighted by molar-refractivity contribution is 7.20. The maximum Gasteiger partial charge on any atom is 0.179 e. The maximum atomic E-state index is 6.99. The van der Waals surface area contributed by atoms with Gasteiger partial charge in [0.05, 0.1) is 11.0 Å². The van der Waals surface area contributed by atoms with Gasteiger partial charge in [-0.05, 0) is 112 Å². The van der Waals surface area contributed by atoms with Crippen LogP contribution >= 0.6 is 0 Å². The van der Waals surface area contributed by atoms with Gasteiger partial charge in [-0.15, -0.1) is 0 Å². The molecule has 0 fully saturated rings. The van der Waals surface area contributed by atoms with Crippen molar-refractivity contribution < 1.29 is 8.83 Å². The summed E-state index contributed by atoms with van der Waals surface area (Å²) in [4.78, 5) is 0. The van der Waals surface area contributed by atoms with Crippen LogP contribution in [0.15, 0.2) is 233 Å². The van der Waals surface area contributed by atoms with Gasteiger partial charge in [0.15, 0.2) is 8.07 Å². The molecule has 0 radical (unpaired) electrons. The van der Waals surface area contributed by atoms with Crippen LogP contribution in [0.4, 0.5) is 0 Å². The highest BCUT2D eigenvalue weighted by atomic mass is 28.3. The van der Waals surface area contributed by atoms with Crippen LogP contribution in [0.25, 0.3) is 93.6 Å². The van der Waals surface area contributed by atoms with Crippen LogP contribution < -0.4 is 20.7 Å². The monoisotopic (exact) mass is 861 g/mol. The van der Waals surface area contributed by atoms with Crippen LogP contribution in [0.5, 0.6) is 0 Å². The van der Waals surface area contributed by atoms with Gasteiger partial charge in [0.25, 0.3) is 0 Å². The molecule has 0 amide bonds. The zero-order chi connectivity index (χ0) is 43.9. The molecule has 3 nitrogen and oxygen atoms in total. The Labute approximate surface area is 383 Å². The third kappa shape index (κ3) is 5.82. The summed E-state index contributed by atoms with van der Waals surface area (Å²) in [5, 5.41) is 12.3. The molecule has 0 aliphatic heterocycles. The lowest BCUT2D eigenvalue weighted by Gasteiger charge is -2.34. The van der Waals surface area contributed by atoms with Gasteiger partial charge in [-0.25, -0.2) is 0 Å². The largest absolute Gasteiger partial charge is 0.455 e. The molecule has 3 heterocycles. The van der Waals surface area contributed by atoms with Gasteiger partial charge in [-0.1, -0.05) is 169 Å². The lowest BCUT2D eigenvalue weighted by Crippen LogP contribution is -2.74. The SMILES string of the molecule is Cc1ccc2oc3c(-c4cccc(-c5cc(C)cc6c5oc5ccc([Si](c7ccccc7)(c7ccccc7)c7ccccc7)cc56)c4)cc(-n4c5ccccc5c5ccccc54)cc3c2c1. The number of furan rings is 2. The van der Waals surface area contributed by atoms with Crippen molar-refractivity contribution in [1.82, 2.24) is 4.57 Å². The minimum atomic E-state index is -2.76. The van der Waals surface area contributed by atoms with Crippen molar-refractivity contribution in [3.8, 4) is 27.9 Å². The summed E-state index contributed by atoms with van der Waals surface area (Å²) in [6.07, 6.45) is 0. The van der Waals surface area contributed by atoms with Crippen molar-refractivity contribution in [3.05, 3.63) is 236 Å². The average Bonchev–Trinajstić information content (AvgIpc) is 4.04. The van der Waals surface area contributed by atoms with Gasteiger partial charge in [-0.3, -0.25) is 0 Å². The molecule has 0 bridgehead atoms. The van der Waals surface area contributed by atoms with Crippen LogP contribution in [0, 0.1) is 13.8 Å². The Kier molecular flexibility index (Phi) is 8.67. The number of fused-ring (bicyclic) bond motifs is 9. The quantitative estimate of drug-likeness (QED) is 0.118. The number of para-hydroxylation sites is 2. The third-order valence-electron chi connectivity index (χ3n) is 13.8. The van der Waals surface area contributed by atoms with E-state index in [0.717, 1.165) is 71.8 Å². The van der Waals surface area contributed by atoms with Gasteiger partial charge in [0, 0.05) is 49.1 Å². The number of aryl methyl sites for hydroxylation is 2. The molecular weight excluding hydrogens is 819 g/mol. The molecule has 0 saturated carbocycles. The number of rotatable bonds is 7. The highest BCUT2D eigenvalue weighted by Gasteiger charge is 2.41. The fraction of sp³-hybridized carbons (Fsp3) is 0.0323. The number of hydrogen-bond acceptors (Lipinski definition) is 2. The van der Waals surface area contributed by atoms with Crippen molar-refractivity contribution in [1.29, 1.82) is 0 Å². The van der Waals surface area contributed by atoms with Crippen molar-refractivity contribution in [2.75, 3.05) is 0 Å². The second-order valence-electron chi connectivity index (χ2n) is 17.8. The van der Waals surface area contributed by atoms with Gasteiger partial charge >= 0.3 is 0 Å². The molecule has 312 valence electrons.